The number of hydrogen-bond donors (Lipinski definition) is 3. The summed E-state index contributed by atoms with van der Waals surface area (Å²) >= 11 is 0. The van der Waals surface area contributed by atoms with Crippen molar-refractivity contribution in [2.45, 2.75) is 59.4 Å². The highest BCUT2D eigenvalue weighted by atomic mass is 16.3. The monoisotopic (exact) mass is 345 g/mol. The topological polar surface area (TPSA) is 56.7 Å². The molecular weight excluding hydrogens is 310 g/mol. The summed E-state index contributed by atoms with van der Waals surface area (Å²) in [6.07, 6.45) is 5.69. The van der Waals surface area contributed by atoms with Gasteiger partial charge in [0.25, 0.3) is 0 Å². The number of aryl methyl sites for hydroxylation is 2. The average molecular weight is 346 g/mol. The van der Waals surface area contributed by atoms with Crippen LogP contribution in [0.3, 0.4) is 0 Å². The van der Waals surface area contributed by atoms with E-state index in [4.69, 9.17) is 4.99 Å². The molecule has 1 aromatic carbocycles. The van der Waals surface area contributed by atoms with Crippen molar-refractivity contribution in [3.05, 3.63) is 34.9 Å². The van der Waals surface area contributed by atoms with E-state index in [1.54, 1.807) is 0 Å². The van der Waals surface area contributed by atoms with Crippen molar-refractivity contribution >= 4 is 5.96 Å². The number of aliphatic hydroxyl groups excluding tert-OH is 1. The second-order valence-electron chi connectivity index (χ2n) is 7.54. The Morgan fingerprint density at radius 2 is 2.00 bits per heavy atom. The van der Waals surface area contributed by atoms with E-state index in [-0.39, 0.29) is 6.61 Å². The summed E-state index contributed by atoms with van der Waals surface area (Å²) in [6.45, 7) is 9.22. The van der Waals surface area contributed by atoms with Crippen LogP contribution in [0.5, 0.6) is 0 Å². The lowest BCUT2D eigenvalue weighted by molar-refractivity contribution is 0.243. The number of aliphatic hydroxyl groups is 1. The minimum absolute atomic E-state index is 0.252. The summed E-state index contributed by atoms with van der Waals surface area (Å²) in [5.74, 6) is 1.99. The molecule has 0 heterocycles. The van der Waals surface area contributed by atoms with Crippen molar-refractivity contribution in [2.75, 3.05) is 19.7 Å². The average Bonchev–Trinajstić information content (AvgIpc) is 3.04. The molecule has 1 aliphatic carbocycles. The number of fused-ring (bicyclic) bond motifs is 1. The highest BCUT2D eigenvalue weighted by molar-refractivity contribution is 5.79. The van der Waals surface area contributed by atoms with E-state index in [0.717, 1.165) is 31.9 Å². The molecule has 2 rings (SSSR count). The van der Waals surface area contributed by atoms with Crippen molar-refractivity contribution in [1.29, 1.82) is 0 Å². The summed E-state index contributed by atoms with van der Waals surface area (Å²) in [5.41, 5.74) is 4.30. The van der Waals surface area contributed by atoms with E-state index >= 15 is 0 Å². The molecule has 0 radical (unpaired) electrons. The van der Waals surface area contributed by atoms with Gasteiger partial charge in [-0.05, 0) is 67.6 Å². The molecule has 4 heteroatoms. The van der Waals surface area contributed by atoms with Gasteiger partial charge in [-0.3, -0.25) is 0 Å². The van der Waals surface area contributed by atoms with Gasteiger partial charge in [-0.15, -0.1) is 0 Å². The third-order valence-corrected chi connectivity index (χ3v) is 4.83. The minimum atomic E-state index is 0.252. The molecule has 0 bridgehead atoms. The Bertz CT molecular complexity index is 554. The summed E-state index contributed by atoms with van der Waals surface area (Å²) in [6, 6.07) is 6.81. The molecule has 0 aliphatic heterocycles. The first-order valence-corrected chi connectivity index (χ1v) is 9.86. The fourth-order valence-corrected chi connectivity index (χ4v) is 3.63. The first-order valence-electron chi connectivity index (χ1n) is 9.86. The fourth-order valence-electron chi connectivity index (χ4n) is 3.63. The first-order chi connectivity index (χ1) is 12.1. The summed E-state index contributed by atoms with van der Waals surface area (Å²) in [7, 11) is 0. The highest BCUT2D eigenvalue weighted by Crippen LogP contribution is 2.23. The van der Waals surface area contributed by atoms with Crippen LogP contribution in [0, 0.1) is 11.8 Å². The molecule has 4 nitrogen and oxygen atoms in total. The van der Waals surface area contributed by atoms with Gasteiger partial charge in [-0.25, -0.2) is 4.99 Å². The van der Waals surface area contributed by atoms with Gasteiger partial charge in [0.2, 0.25) is 0 Å². The molecule has 1 aliphatic rings. The van der Waals surface area contributed by atoms with E-state index in [1.165, 1.54) is 36.0 Å². The zero-order valence-corrected chi connectivity index (χ0v) is 16.1. The van der Waals surface area contributed by atoms with Crippen molar-refractivity contribution in [3.8, 4) is 0 Å². The second kappa shape index (κ2) is 10.4. The quantitative estimate of drug-likeness (QED) is 0.475. The fraction of sp³-hybridized carbons (Fsp3) is 0.667. The number of aliphatic imine (C=N–C) groups is 1. The standard InChI is InChI=1S/C21H35N3O/c1-4-22-21(24-15-18(10-11-25)12-16(2)3)23-14-17-8-9-19-6-5-7-20(19)13-17/h8-9,13,16,18,25H,4-7,10-12,14-15H2,1-3H3,(H2,22,23,24). The number of nitrogens with one attached hydrogen (secondary N) is 2. The SMILES string of the molecule is CCNC(=NCc1ccc2c(c1)CCC2)NCC(CCO)CC(C)C. The predicted molar refractivity (Wildman–Crippen MR) is 106 cm³/mol. The Hall–Kier alpha value is -1.55. The molecule has 1 unspecified atom stereocenters. The normalized spacial score (nSPS) is 15.3. The van der Waals surface area contributed by atoms with Gasteiger partial charge in [0, 0.05) is 19.7 Å². The molecule has 0 spiro atoms. The lowest BCUT2D eigenvalue weighted by atomic mass is 9.94. The summed E-state index contributed by atoms with van der Waals surface area (Å²) in [4.78, 5) is 4.75. The van der Waals surface area contributed by atoms with Crippen molar-refractivity contribution in [1.82, 2.24) is 10.6 Å². The maximum Gasteiger partial charge on any atom is 0.191 e. The van der Waals surface area contributed by atoms with Gasteiger partial charge in [0.1, 0.15) is 0 Å². The van der Waals surface area contributed by atoms with Gasteiger partial charge in [-0.1, -0.05) is 32.0 Å². The van der Waals surface area contributed by atoms with Crippen LogP contribution in [0.1, 0.15) is 56.7 Å². The van der Waals surface area contributed by atoms with E-state index in [0.29, 0.717) is 18.4 Å². The Morgan fingerprint density at radius 1 is 1.20 bits per heavy atom. The lowest BCUT2D eigenvalue weighted by Crippen LogP contribution is -2.40. The molecule has 0 saturated heterocycles. The van der Waals surface area contributed by atoms with Gasteiger partial charge in [0.05, 0.1) is 6.54 Å². The highest BCUT2D eigenvalue weighted by Gasteiger charge is 2.12. The number of benzene rings is 1. The lowest BCUT2D eigenvalue weighted by Gasteiger charge is -2.20. The smallest absolute Gasteiger partial charge is 0.191 e. The van der Waals surface area contributed by atoms with Gasteiger partial charge >= 0.3 is 0 Å². The molecule has 25 heavy (non-hydrogen) atoms. The van der Waals surface area contributed by atoms with Gasteiger partial charge < -0.3 is 15.7 Å². The summed E-state index contributed by atoms with van der Waals surface area (Å²) < 4.78 is 0. The van der Waals surface area contributed by atoms with Crippen LogP contribution in [-0.2, 0) is 19.4 Å². The zero-order chi connectivity index (χ0) is 18.1. The van der Waals surface area contributed by atoms with Crippen molar-refractivity contribution in [3.63, 3.8) is 0 Å². The summed E-state index contributed by atoms with van der Waals surface area (Å²) in [5, 5.41) is 16.1. The van der Waals surface area contributed by atoms with Crippen LogP contribution in [0.2, 0.25) is 0 Å². The number of guanidine groups is 1. The number of rotatable bonds is 9. The van der Waals surface area contributed by atoms with Crippen molar-refractivity contribution < 1.29 is 5.11 Å². The predicted octanol–water partition coefficient (Wildman–Crippen LogP) is 3.28. The van der Waals surface area contributed by atoms with E-state index in [1.807, 2.05) is 0 Å². The van der Waals surface area contributed by atoms with Crippen LogP contribution in [-0.4, -0.2) is 30.8 Å². The Balaban J connectivity index is 1.93. The third-order valence-electron chi connectivity index (χ3n) is 4.83. The van der Waals surface area contributed by atoms with Gasteiger partial charge in [-0.2, -0.15) is 0 Å². The second-order valence-corrected chi connectivity index (χ2v) is 7.54. The molecule has 0 fully saturated rings. The molecule has 1 atom stereocenters. The van der Waals surface area contributed by atoms with Crippen LogP contribution >= 0.6 is 0 Å². The van der Waals surface area contributed by atoms with Crippen LogP contribution in [0.15, 0.2) is 23.2 Å². The third kappa shape index (κ3) is 6.69. The molecule has 0 saturated carbocycles. The molecule has 1 aromatic rings. The van der Waals surface area contributed by atoms with Crippen LogP contribution in [0.25, 0.3) is 0 Å². The maximum atomic E-state index is 9.27. The Morgan fingerprint density at radius 3 is 2.72 bits per heavy atom. The van der Waals surface area contributed by atoms with E-state index in [9.17, 15) is 5.11 Å². The van der Waals surface area contributed by atoms with Crippen LogP contribution in [0.4, 0.5) is 0 Å². The van der Waals surface area contributed by atoms with E-state index in [2.05, 4.69) is 49.6 Å². The zero-order valence-electron chi connectivity index (χ0n) is 16.1. The van der Waals surface area contributed by atoms with Crippen LogP contribution < -0.4 is 10.6 Å². The van der Waals surface area contributed by atoms with Crippen molar-refractivity contribution in [2.24, 2.45) is 16.8 Å². The Labute approximate surface area is 153 Å². The number of hydrogen-bond acceptors (Lipinski definition) is 2. The molecule has 0 aromatic heterocycles. The first kappa shape index (κ1) is 19.8. The Kier molecular flexibility index (Phi) is 8.26. The maximum absolute atomic E-state index is 9.27. The molecular formula is C21H35N3O. The molecule has 3 N–H and O–H groups in total. The van der Waals surface area contributed by atoms with E-state index < -0.39 is 0 Å². The number of nitrogens with zero attached hydrogens (tertiary/aromatic N) is 1. The minimum Gasteiger partial charge on any atom is -0.396 e. The molecule has 140 valence electrons. The largest absolute Gasteiger partial charge is 0.396 e. The molecule has 0 amide bonds. The van der Waals surface area contributed by atoms with Gasteiger partial charge in [0.15, 0.2) is 5.96 Å².